The number of hydrogen-bond acceptors (Lipinski definition) is 2. The van der Waals surface area contributed by atoms with Gasteiger partial charge in [0.1, 0.15) is 5.75 Å². The van der Waals surface area contributed by atoms with Gasteiger partial charge in [-0.15, -0.1) is 0 Å². The normalized spacial score (nSPS) is 12.2. The van der Waals surface area contributed by atoms with Gasteiger partial charge in [0.25, 0.3) is 0 Å². The average molecular weight is 334 g/mol. The number of ether oxygens (including phenoxy) is 1. The van der Waals surface area contributed by atoms with E-state index >= 15 is 0 Å². The van der Waals surface area contributed by atoms with Crippen molar-refractivity contribution in [1.29, 1.82) is 0 Å². The number of methoxy groups -OCH3 is 1. The highest BCUT2D eigenvalue weighted by molar-refractivity contribution is 9.10. The molecule has 0 aliphatic heterocycles. The standard InChI is InChI=1S/C17H20BrNO/c1-12-5-4-6-14(9-12)13(2)19-11-15-10-16(18)7-8-17(15)20-3/h4-10,13,19H,11H2,1-3H3/t13-/m0/s1. The molecule has 0 bridgehead atoms. The van der Waals surface area contributed by atoms with E-state index in [1.807, 2.05) is 12.1 Å². The van der Waals surface area contributed by atoms with Gasteiger partial charge in [-0.05, 0) is 37.6 Å². The van der Waals surface area contributed by atoms with Gasteiger partial charge < -0.3 is 10.1 Å². The summed E-state index contributed by atoms with van der Waals surface area (Å²) in [5.74, 6) is 0.914. The fraction of sp³-hybridized carbons (Fsp3) is 0.294. The molecule has 0 aliphatic rings. The summed E-state index contributed by atoms with van der Waals surface area (Å²) in [6.07, 6.45) is 0. The Morgan fingerprint density at radius 3 is 2.70 bits per heavy atom. The lowest BCUT2D eigenvalue weighted by molar-refractivity contribution is 0.406. The quantitative estimate of drug-likeness (QED) is 0.862. The molecule has 106 valence electrons. The first-order chi connectivity index (χ1) is 9.60. The number of hydrogen-bond donors (Lipinski definition) is 1. The molecule has 0 saturated carbocycles. The van der Waals surface area contributed by atoms with Crippen LogP contribution in [0.5, 0.6) is 5.75 Å². The maximum absolute atomic E-state index is 5.40. The van der Waals surface area contributed by atoms with E-state index in [0.29, 0.717) is 6.04 Å². The highest BCUT2D eigenvalue weighted by Crippen LogP contribution is 2.24. The predicted octanol–water partition coefficient (Wildman–Crippen LogP) is 4.62. The second-order valence-electron chi connectivity index (χ2n) is 4.97. The molecule has 0 aromatic heterocycles. The van der Waals surface area contributed by atoms with Crippen LogP contribution in [0.1, 0.15) is 29.7 Å². The summed E-state index contributed by atoms with van der Waals surface area (Å²) in [4.78, 5) is 0. The van der Waals surface area contributed by atoms with Crippen molar-refractivity contribution in [3.63, 3.8) is 0 Å². The van der Waals surface area contributed by atoms with Gasteiger partial charge in [0.15, 0.2) is 0 Å². The highest BCUT2D eigenvalue weighted by Gasteiger charge is 2.08. The molecule has 0 spiro atoms. The topological polar surface area (TPSA) is 21.3 Å². The number of nitrogens with one attached hydrogen (secondary N) is 1. The van der Waals surface area contributed by atoms with Crippen LogP contribution in [0.25, 0.3) is 0 Å². The Morgan fingerprint density at radius 1 is 1.20 bits per heavy atom. The molecule has 0 unspecified atom stereocenters. The molecule has 20 heavy (non-hydrogen) atoms. The van der Waals surface area contributed by atoms with Gasteiger partial charge in [-0.3, -0.25) is 0 Å². The Kier molecular flexibility index (Phi) is 5.21. The molecule has 2 aromatic rings. The predicted molar refractivity (Wildman–Crippen MR) is 87.1 cm³/mol. The van der Waals surface area contributed by atoms with Gasteiger partial charge >= 0.3 is 0 Å². The first kappa shape index (κ1) is 15.1. The molecular weight excluding hydrogens is 314 g/mol. The van der Waals surface area contributed by atoms with Gasteiger partial charge in [-0.2, -0.15) is 0 Å². The van der Waals surface area contributed by atoms with Crippen molar-refractivity contribution in [2.24, 2.45) is 0 Å². The summed E-state index contributed by atoms with van der Waals surface area (Å²) in [6, 6.07) is 15.0. The highest BCUT2D eigenvalue weighted by atomic mass is 79.9. The molecule has 2 nitrogen and oxygen atoms in total. The minimum atomic E-state index is 0.304. The van der Waals surface area contributed by atoms with Gasteiger partial charge in [0.05, 0.1) is 7.11 Å². The number of benzene rings is 2. The van der Waals surface area contributed by atoms with Crippen LogP contribution in [0.15, 0.2) is 46.9 Å². The lowest BCUT2D eigenvalue weighted by Gasteiger charge is -2.16. The van der Waals surface area contributed by atoms with Gasteiger partial charge in [0, 0.05) is 22.6 Å². The monoisotopic (exact) mass is 333 g/mol. The van der Waals surface area contributed by atoms with E-state index in [9.17, 15) is 0 Å². The molecule has 0 heterocycles. The second kappa shape index (κ2) is 6.91. The zero-order chi connectivity index (χ0) is 14.5. The number of halogens is 1. The fourth-order valence-electron chi connectivity index (χ4n) is 2.21. The van der Waals surface area contributed by atoms with E-state index in [1.54, 1.807) is 7.11 Å². The zero-order valence-electron chi connectivity index (χ0n) is 12.1. The van der Waals surface area contributed by atoms with Crippen molar-refractivity contribution in [2.75, 3.05) is 7.11 Å². The molecule has 0 fully saturated rings. The number of aryl methyl sites for hydroxylation is 1. The van der Waals surface area contributed by atoms with Crippen LogP contribution in [0.4, 0.5) is 0 Å². The summed E-state index contributed by atoms with van der Waals surface area (Å²) < 4.78 is 6.46. The maximum atomic E-state index is 5.40. The molecule has 3 heteroatoms. The largest absolute Gasteiger partial charge is 0.496 e. The molecule has 0 saturated heterocycles. The van der Waals surface area contributed by atoms with Crippen molar-refractivity contribution < 1.29 is 4.74 Å². The van der Waals surface area contributed by atoms with Gasteiger partial charge in [-0.1, -0.05) is 45.8 Å². The first-order valence-corrected chi connectivity index (χ1v) is 7.52. The van der Waals surface area contributed by atoms with Gasteiger partial charge in [-0.25, -0.2) is 0 Å². The van der Waals surface area contributed by atoms with Crippen molar-refractivity contribution in [2.45, 2.75) is 26.4 Å². The summed E-state index contributed by atoms with van der Waals surface area (Å²) >= 11 is 3.50. The second-order valence-corrected chi connectivity index (χ2v) is 5.89. The van der Waals surface area contributed by atoms with E-state index in [4.69, 9.17) is 4.74 Å². The summed E-state index contributed by atoms with van der Waals surface area (Å²) in [5.41, 5.74) is 3.75. The molecular formula is C17H20BrNO. The summed E-state index contributed by atoms with van der Waals surface area (Å²) in [7, 11) is 1.71. The van der Waals surface area contributed by atoms with Crippen LogP contribution in [-0.4, -0.2) is 7.11 Å². The minimum absolute atomic E-state index is 0.304. The van der Waals surface area contributed by atoms with E-state index < -0.39 is 0 Å². The first-order valence-electron chi connectivity index (χ1n) is 6.72. The van der Waals surface area contributed by atoms with Crippen molar-refractivity contribution >= 4 is 15.9 Å². The van der Waals surface area contributed by atoms with E-state index in [2.05, 4.69) is 65.4 Å². The third-order valence-electron chi connectivity index (χ3n) is 3.38. The fourth-order valence-corrected chi connectivity index (χ4v) is 2.61. The van der Waals surface area contributed by atoms with Gasteiger partial charge in [0.2, 0.25) is 0 Å². The van der Waals surface area contributed by atoms with E-state index in [1.165, 1.54) is 11.1 Å². The van der Waals surface area contributed by atoms with Crippen LogP contribution >= 0.6 is 15.9 Å². The third-order valence-corrected chi connectivity index (χ3v) is 3.88. The Morgan fingerprint density at radius 2 is 2.00 bits per heavy atom. The maximum Gasteiger partial charge on any atom is 0.123 e. The Balaban J connectivity index is 2.06. The lowest BCUT2D eigenvalue weighted by atomic mass is 10.1. The van der Waals surface area contributed by atoms with Crippen LogP contribution in [0.2, 0.25) is 0 Å². The van der Waals surface area contributed by atoms with Crippen LogP contribution in [0, 0.1) is 6.92 Å². The Hall–Kier alpha value is -1.32. The van der Waals surface area contributed by atoms with Crippen molar-refractivity contribution in [3.05, 3.63) is 63.6 Å². The summed E-state index contributed by atoms with van der Waals surface area (Å²) in [6.45, 7) is 5.07. The average Bonchev–Trinajstić information content (AvgIpc) is 2.45. The Bertz CT molecular complexity index is 583. The van der Waals surface area contributed by atoms with Crippen LogP contribution < -0.4 is 10.1 Å². The molecule has 0 amide bonds. The smallest absolute Gasteiger partial charge is 0.123 e. The van der Waals surface area contributed by atoms with Crippen LogP contribution in [0.3, 0.4) is 0 Å². The molecule has 0 radical (unpaired) electrons. The zero-order valence-corrected chi connectivity index (χ0v) is 13.7. The minimum Gasteiger partial charge on any atom is -0.496 e. The van der Waals surface area contributed by atoms with E-state index in [0.717, 1.165) is 22.3 Å². The third kappa shape index (κ3) is 3.84. The van der Waals surface area contributed by atoms with E-state index in [-0.39, 0.29) is 0 Å². The summed E-state index contributed by atoms with van der Waals surface area (Å²) in [5, 5.41) is 3.54. The molecule has 1 atom stereocenters. The van der Waals surface area contributed by atoms with Crippen molar-refractivity contribution in [3.8, 4) is 5.75 Å². The van der Waals surface area contributed by atoms with Crippen molar-refractivity contribution in [1.82, 2.24) is 5.32 Å². The molecule has 2 rings (SSSR count). The van der Waals surface area contributed by atoms with Crippen LogP contribution in [-0.2, 0) is 6.54 Å². The lowest BCUT2D eigenvalue weighted by Crippen LogP contribution is -2.18. The Labute approximate surface area is 129 Å². The molecule has 1 N–H and O–H groups in total. The SMILES string of the molecule is COc1ccc(Br)cc1CN[C@@H](C)c1cccc(C)c1. The molecule has 2 aromatic carbocycles. The molecule has 0 aliphatic carbocycles. The number of rotatable bonds is 5.